The second-order valence-electron chi connectivity index (χ2n) is 5.95. The molecule has 2 rings (SSSR count). The van der Waals surface area contributed by atoms with E-state index in [1.54, 1.807) is 12.1 Å². The summed E-state index contributed by atoms with van der Waals surface area (Å²) in [5.74, 6) is 0.873. The average Bonchev–Trinajstić information content (AvgIpc) is 2.46. The highest BCUT2D eigenvalue weighted by molar-refractivity contribution is 5.97. The van der Waals surface area contributed by atoms with Crippen molar-refractivity contribution in [2.45, 2.75) is 52.0 Å². The van der Waals surface area contributed by atoms with Crippen LogP contribution in [0.3, 0.4) is 0 Å². The maximum absolute atomic E-state index is 11.3. The third-order valence-corrected chi connectivity index (χ3v) is 4.71. The Balaban J connectivity index is 2.08. The first-order valence-electron chi connectivity index (χ1n) is 7.59. The topological polar surface area (TPSA) is 40.5 Å². The normalized spacial score (nSPS) is 22.6. The molecule has 110 valence electrons. The largest absolute Gasteiger partial charge is 0.507 e. The molecule has 1 saturated carbocycles. The van der Waals surface area contributed by atoms with Crippen molar-refractivity contribution in [3.8, 4) is 5.75 Å². The molecule has 0 aromatic heterocycles. The second kappa shape index (κ2) is 6.29. The van der Waals surface area contributed by atoms with Crippen molar-refractivity contribution >= 4 is 11.5 Å². The number of hydrogen-bond donors (Lipinski definition) is 1. The molecule has 0 atom stereocenters. The average molecular weight is 275 g/mol. The van der Waals surface area contributed by atoms with Gasteiger partial charge in [0.25, 0.3) is 0 Å². The van der Waals surface area contributed by atoms with E-state index in [-0.39, 0.29) is 11.5 Å². The third-order valence-electron chi connectivity index (χ3n) is 4.71. The monoisotopic (exact) mass is 275 g/mol. The van der Waals surface area contributed by atoms with Gasteiger partial charge in [-0.3, -0.25) is 4.79 Å². The van der Waals surface area contributed by atoms with Gasteiger partial charge in [-0.2, -0.15) is 0 Å². The zero-order valence-corrected chi connectivity index (χ0v) is 12.7. The van der Waals surface area contributed by atoms with Crippen molar-refractivity contribution in [1.82, 2.24) is 0 Å². The van der Waals surface area contributed by atoms with E-state index in [0.717, 1.165) is 11.6 Å². The standard InChI is InChI=1S/C17H25NO2/c1-4-13-5-7-14(8-6-13)18(3)15-9-10-16(12(2)19)17(20)11-15/h9-11,13-14,20H,4-8H2,1-3H3. The SMILES string of the molecule is CCC1CCC(N(C)c2ccc(C(C)=O)c(O)c2)CC1. The van der Waals surface area contributed by atoms with Crippen LogP contribution in [-0.2, 0) is 0 Å². The zero-order chi connectivity index (χ0) is 14.7. The maximum atomic E-state index is 11.3. The van der Waals surface area contributed by atoms with Crippen LogP contribution >= 0.6 is 0 Å². The Bertz CT molecular complexity index is 476. The fraction of sp³-hybridized carbons (Fsp3) is 0.588. The van der Waals surface area contributed by atoms with Crippen molar-refractivity contribution in [3.63, 3.8) is 0 Å². The zero-order valence-electron chi connectivity index (χ0n) is 12.7. The summed E-state index contributed by atoms with van der Waals surface area (Å²) >= 11 is 0. The van der Waals surface area contributed by atoms with Crippen LogP contribution in [0.1, 0.15) is 56.3 Å². The molecule has 3 heteroatoms. The van der Waals surface area contributed by atoms with Crippen LogP contribution in [0.2, 0.25) is 0 Å². The molecule has 0 heterocycles. The van der Waals surface area contributed by atoms with Crippen LogP contribution in [0, 0.1) is 5.92 Å². The summed E-state index contributed by atoms with van der Waals surface area (Å²) in [4.78, 5) is 13.6. The van der Waals surface area contributed by atoms with Crippen LogP contribution in [0.5, 0.6) is 5.75 Å². The number of benzene rings is 1. The Morgan fingerprint density at radius 3 is 2.45 bits per heavy atom. The summed E-state index contributed by atoms with van der Waals surface area (Å²) in [6, 6.07) is 5.91. The predicted molar refractivity (Wildman–Crippen MR) is 82.6 cm³/mol. The Kier molecular flexibility index (Phi) is 4.69. The highest BCUT2D eigenvalue weighted by Gasteiger charge is 2.23. The Hall–Kier alpha value is -1.51. The van der Waals surface area contributed by atoms with Gasteiger partial charge in [0.2, 0.25) is 0 Å². The van der Waals surface area contributed by atoms with Crippen LogP contribution in [0.25, 0.3) is 0 Å². The van der Waals surface area contributed by atoms with Gasteiger partial charge in [-0.15, -0.1) is 0 Å². The number of hydrogen-bond acceptors (Lipinski definition) is 3. The summed E-state index contributed by atoms with van der Waals surface area (Å²) < 4.78 is 0. The minimum atomic E-state index is -0.0971. The molecule has 0 spiro atoms. The molecule has 0 aliphatic heterocycles. The van der Waals surface area contributed by atoms with E-state index in [0.29, 0.717) is 11.6 Å². The lowest BCUT2D eigenvalue weighted by atomic mass is 9.84. The lowest BCUT2D eigenvalue weighted by Gasteiger charge is -2.36. The van der Waals surface area contributed by atoms with Gasteiger partial charge in [-0.25, -0.2) is 0 Å². The van der Waals surface area contributed by atoms with E-state index in [1.165, 1.54) is 39.0 Å². The predicted octanol–water partition coefficient (Wildman–Crippen LogP) is 4.00. The molecule has 0 saturated heterocycles. The first-order chi connectivity index (χ1) is 9.52. The van der Waals surface area contributed by atoms with Crippen molar-refractivity contribution in [1.29, 1.82) is 0 Å². The van der Waals surface area contributed by atoms with Gasteiger partial charge in [0.1, 0.15) is 5.75 Å². The van der Waals surface area contributed by atoms with Gasteiger partial charge >= 0.3 is 0 Å². The van der Waals surface area contributed by atoms with Gasteiger partial charge in [0, 0.05) is 24.8 Å². The summed E-state index contributed by atoms with van der Waals surface area (Å²) in [5.41, 5.74) is 1.39. The lowest BCUT2D eigenvalue weighted by Crippen LogP contribution is -2.35. The van der Waals surface area contributed by atoms with E-state index in [4.69, 9.17) is 0 Å². The molecule has 0 bridgehead atoms. The molecule has 0 radical (unpaired) electrons. The van der Waals surface area contributed by atoms with Crippen molar-refractivity contribution in [2.75, 3.05) is 11.9 Å². The maximum Gasteiger partial charge on any atom is 0.163 e. The molecule has 20 heavy (non-hydrogen) atoms. The van der Waals surface area contributed by atoms with E-state index < -0.39 is 0 Å². The summed E-state index contributed by atoms with van der Waals surface area (Å²) in [7, 11) is 2.08. The molecule has 0 unspecified atom stereocenters. The molecule has 1 aliphatic rings. The van der Waals surface area contributed by atoms with E-state index in [1.807, 2.05) is 6.07 Å². The van der Waals surface area contributed by atoms with Crippen molar-refractivity contribution < 1.29 is 9.90 Å². The van der Waals surface area contributed by atoms with Crippen LogP contribution in [0.4, 0.5) is 5.69 Å². The molecule has 3 nitrogen and oxygen atoms in total. The Labute approximate surface area is 121 Å². The van der Waals surface area contributed by atoms with E-state index >= 15 is 0 Å². The highest BCUT2D eigenvalue weighted by atomic mass is 16.3. The fourth-order valence-electron chi connectivity index (χ4n) is 3.19. The van der Waals surface area contributed by atoms with Crippen LogP contribution in [-0.4, -0.2) is 24.0 Å². The van der Waals surface area contributed by atoms with Crippen molar-refractivity contribution in [3.05, 3.63) is 23.8 Å². The summed E-state index contributed by atoms with van der Waals surface area (Å²) in [5, 5.41) is 9.94. The number of phenols is 1. The van der Waals surface area contributed by atoms with E-state index in [9.17, 15) is 9.90 Å². The molecule has 0 amide bonds. The number of anilines is 1. The summed E-state index contributed by atoms with van der Waals surface area (Å²) in [6.45, 7) is 3.75. The third kappa shape index (κ3) is 3.14. The fourth-order valence-corrected chi connectivity index (χ4v) is 3.19. The number of ketones is 1. The van der Waals surface area contributed by atoms with Gasteiger partial charge < -0.3 is 10.0 Å². The number of carbonyl (C=O) groups excluding carboxylic acids is 1. The molecule has 1 aliphatic carbocycles. The number of Topliss-reactive ketones (excluding diaryl/α,β-unsaturated/α-hetero) is 1. The van der Waals surface area contributed by atoms with E-state index in [2.05, 4.69) is 18.9 Å². The molecule has 1 N–H and O–H groups in total. The quantitative estimate of drug-likeness (QED) is 0.844. The first kappa shape index (κ1) is 14.9. The van der Waals surface area contributed by atoms with Gasteiger partial charge in [-0.05, 0) is 50.7 Å². The smallest absolute Gasteiger partial charge is 0.163 e. The van der Waals surface area contributed by atoms with Crippen LogP contribution < -0.4 is 4.90 Å². The Morgan fingerprint density at radius 1 is 1.30 bits per heavy atom. The molecule has 1 aromatic rings. The molecular weight excluding hydrogens is 250 g/mol. The second-order valence-corrected chi connectivity index (χ2v) is 5.95. The lowest BCUT2D eigenvalue weighted by molar-refractivity contribution is 0.101. The minimum absolute atomic E-state index is 0.0871. The molecule has 1 aromatic carbocycles. The van der Waals surface area contributed by atoms with Gasteiger partial charge in [0.05, 0.1) is 5.56 Å². The molecule has 1 fully saturated rings. The highest BCUT2D eigenvalue weighted by Crippen LogP contribution is 2.32. The molecular formula is C17H25NO2. The summed E-state index contributed by atoms with van der Waals surface area (Å²) in [6.07, 6.45) is 6.30. The number of rotatable bonds is 4. The minimum Gasteiger partial charge on any atom is -0.507 e. The number of aromatic hydroxyl groups is 1. The first-order valence-corrected chi connectivity index (χ1v) is 7.59. The van der Waals surface area contributed by atoms with Gasteiger partial charge in [-0.1, -0.05) is 13.3 Å². The Morgan fingerprint density at radius 2 is 1.95 bits per heavy atom. The van der Waals surface area contributed by atoms with Crippen molar-refractivity contribution in [2.24, 2.45) is 5.92 Å². The number of nitrogens with zero attached hydrogens (tertiary/aromatic N) is 1. The van der Waals surface area contributed by atoms with Crippen LogP contribution in [0.15, 0.2) is 18.2 Å². The number of phenolic OH excluding ortho intramolecular Hbond substituents is 1. The number of carbonyl (C=O) groups is 1. The van der Waals surface area contributed by atoms with Gasteiger partial charge in [0.15, 0.2) is 5.78 Å².